The molecule has 1 unspecified atom stereocenters. The molecular weight excluding hydrogens is 408 g/mol. The van der Waals surface area contributed by atoms with Gasteiger partial charge in [0.15, 0.2) is 4.34 Å². The maximum absolute atomic E-state index is 12.4. The number of carbonyl (C=O) groups is 1. The zero-order valence-electron chi connectivity index (χ0n) is 16.0. The minimum absolute atomic E-state index is 0.115. The molecule has 1 aliphatic heterocycles. The Hall–Kier alpha value is -2.43. The summed E-state index contributed by atoms with van der Waals surface area (Å²) in [6, 6.07) is 11.6. The number of carbonyl (C=O) groups excluding carboxylic acids is 1. The fourth-order valence-electron chi connectivity index (χ4n) is 3.01. The molecule has 0 bridgehead atoms. The van der Waals surface area contributed by atoms with Crippen molar-refractivity contribution in [2.45, 2.75) is 30.2 Å². The first-order valence-electron chi connectivity index (χ1n) is 9.41. The van der Waals surface area contributed by atoms with Gasteiger partial charge in [-0.3, -0.25) is 4.79 Å². The number of benzene rings is 1. The first-order valence-corrected chi connectivity index (χ1v) is 11.2. The van der Waals surface area contributed by atoms with Crippen molar-refractivity contribution in [1.29, 1.82) is 0 Å². The number of hydrogen-bond acceptors (Lipinski definition) is 8. The van der Waals surface area contributed by atoms with Crippen molar-refractivity contribution in [3.05, 3.63) is 42.1 Å². The zero-order valence-corrected chi connectivity index (χ0v) is 17.6. The van der Waals surface area contributed by atoms with Crippen LogP contribution in [-0.2, 0) is 9.53 Å². The van der Waals surface area contributed by atoms with Crippen molar-refractivity contribution in [2.24, 2.45) is 0 Å². The molecule has 1 amide bonds. The van der Waals surface area contributed by atoms with Crippen LogP contribution in [0, 0.1) is 6.92 Å². The molecule has 3 heterocycles. The molecule has 1 aromatic carbocycles. The molecule has 1 atom stereocenters. The van der Waals surface area contributed by atoms with Crippen LogP contribution in [0.15, 0.2) is 40.7 Å². The van der Waals surface area contributed by atoms with Gasteiger partial charge < -0.3 is 15.4 Å². The Kier molecular flexibility index (Phi) is 6.43. The number of hydrogen-bond donors (Lipinski definition) is 2. The molecule has 2 N–H and O–H groups in total. The molecule has 0 aliphatic carbocycles. The molecule has 4 rings (SSSR count). The van der Waals surface area contributed by atoms with Gasteiger partial charge in [-0.2, -0.15) is 5.10 Å². The van der Waals surface area contributed by atoms with Gasteiger partial charge in [-0.25, -0.2) is 4.68 Å². The van der Waals surface area contributed by atoms with E-state index in [-0.39, 0.29) is 17.8 Å². The van der Waals surface area contributed by atoms with Crippen LogP contribution in [0.4, 0.5) is 10.9 Å². The highest BCUT2D eigenvalue weighted by Crippen LogP contribution is 2.26. The molecule has 1 saturated heterocycles. The predicted octanol–water partition coefficient (Wildman–Crippen LogP) is 3.35. The standard InChI is InChI=1S/C19H22N6O2S2/c1-13-10-16(25(24-13)14-6-3-2-4-7-14)21-17(26)12-28-19-23-22-18(29-19)20-11-15-8-5-9-27-15/h2-4,6-7,10,15H,5,8-9,11-12H2,1H3,(H,20,22)(H,21,26). The van der Waals surface area contributed by atoms with E-state index in [1.165, 1.54) is 23.1 Å². The maximum Gasteiger partial charge on any atom is 0.235 e. The van der Waals surface area contributed by atoms with E-state index >= 15 is 0 Å². The van der Waals surface area contributed by atoms with Gasteiger partial charge in [-0.15, -0.1) is 10.2 Å². The Morgan fingerprint density at radius 1 is 1.34 bits per heavy atom. The van der Waals surface area contributed by atoms with E-state index in [4.69, 9.17) is 4.74 Å². The number of anilines is 2. The number of amides is 1. The second kappa shape index (κ2) is 9.38. The second-order valence-electron chi connectivity index (χ2n) is 6.64. The summed E-state index contributed by atoms with van der Waals surface area (Å²) in [7, 11) is 0. The topological polar surface area (TPSA) is 94.0 Å². The number of nitrogens with one attached hydrogen (secondary N) is 2. The quantitative estimate of drug-likeness (QED) is 0.529. The number of rotatable bonds is 8. The molecule has 3 aromatic rings. The van der Waals surface area contributed by atoms with Crippen LogP contribution in [-0.4, -0.2) is 50.9 Å². The first kappa shape index (κ1) is 19.9. The molecule has 0 radical (unpaired) electrons. The van der Waals surface area contributed by atoms with Crippen LogP contribution in [0.5, 0.6) is 0 Å². The monoisotopic (exact) mass is 430 g/mol. The van der Waals surface area contributed by atoms with Crippen molar-refractivity contribution in [2.75, 3.05) is 29.5 Å². The lowest BCUT2D eigenvalue weighted by atomic mass is 10.2. The lowest BCUT2D eigenvalue weighted by Crippen LogP contribution is -2.18. The number of thioether (sulfide) groups is 1. The van der Waals surface area contributed by atoms with E-state index in [2.05, 4.69) is 25.9 Å². The summed E-state index contributed by atoms with van der Waals surface area (Å²) in [6.45, 7) is 3.47. The third-order valence-corrected chi connectivity index (χ3v) is 6.35. The number of ether oxygens (including phenoxy) is 1. The van der Waals surface area contributed by atoms with Gasteiger partial charge in [0.2, 0.25) is 11.0 Å². The largest absolute Gasteiger partial charge is 0.376 e. The van der Waals surface area contributed by atoms with Crippen LogP contribution in [0.3, 0.4) is 0 Å². The molecule has 2 aromatic heterocycles. The molecule has 10 heteroatoms. The van der Waals surface area contributed by atoms with Gasteiger partial charge >= 0.3 is 0 Å². The summed E-state index contributed by atoms with van der Waals surface area (Å²) in [4.78, 5) is 12.4. The highest BCUT2D eigenvalue weighted by molar-refractivity contribution is 8.01. The Bertz CT molecular complexity index is 953. The van der Waals surface area contributed by atoms with Crippen LogP contribution in [0.2, 0.25) is 0 Å². The lowest BCUT2D eigenvalue weighted by Gasteiger charge is -2.08. The van der Waals surface area contributed by atoms with Crippen molar-refractivity contribution >= 4 is 40.0 Å². The second-order valence-corrected chi connectivity index (χ2v) is 8.84. The summed E-state index contributed by atoms with van der Waals surface area (Å²) in [5, 5.41) is 19.7. The van der Waals surface area contributed by atoms with Crippen molar-refractivity contribution in [3.8, 4) is 5.69 Å². The van der Waals surface area contributed by atoms with Crippen LogP contribution in [0.25, 0.3) is 5.69 Å². The maximum atomic E-state index is 12.4. The third-order valence-electron chi connectivity index (χ3n) is 4.34. The van der Waals surface area contributed by atoms with Crippen molar-refractivity contribution < 1.29 is 9.53 Å². The number of para-hydroxylation sites is 1. The summed E-state index contributed by atoms with van der Waals surface area (Å²) in [5.41, 5.74) is 1.73. The van der Waals surface area contributed by atoms with Crippen LogP contribution >= 0.6 is 23.1 Å². The zero-order chi connectivity index (χ0) is 20.1. The van der Waals surface area contributed by atoms with E-state index in [0.29, 0.717) is 5.82 Å². The summed E-state index contributed by atoms with van der Waals surface area (Å²) in [5.74, 6) is 0.783. The van der Waals surface area contributed by atoms with Crippen molar-refractivity contribution in [3.63, 3.8) is 0 Å². The van der Waals surface area contributed by atoms with Crippen LogP contribution in [0.1, 0.15) is 18.5 Å². The Labute approximate surface area is 177 Å². The summed E-state index contributed by atoms with van der Waals surface area (Å²) in [6.07, 6.45) is 2.44. The molecule has 0 saturated carbocycles. The van der Waals surface area contributed by atoms with Gasteiger partial charge in [0.05, 0.1) is 23.2 Å². The molecule has 0 spiro atoms. The molecule has 1 fully saturated rings. The first-order chi connectivity index (χ1) is 14.2. The average molecular weight is 431 g/mol. The fourth-order valence-corrected chi connectivity index (χ4v) is 4.57. The molecule has 152 valence electrons. The van der Waals surface area contributed by atoms with E-state index in [1.54, 1.807) is 4.68 Å². The SMILES string of the molecule is Cc1cc(NC(=O)CSc2nnc(NCC3CCCO3)s2)n(-c2ccccc2)n1. The Morgan fingerprint density at radius 2 is 2.21 bits per heavy atom. The van der Waals surface area contributed by atoms with Gasteiger partial charge in [-0.05, 0) is 31.9 Å². The normalized spacial score (nSPS) is 16.1. The average Bonchev–Trinajstić information content (AvgIpc) is 3.47. The van der Waals surface area contributed by atoms with Gasteiger partial charge in [0.25, 0.3) is 0 Å². The van der Waals surface area contributed by atoms with Gasteiger partial charge in [-0.1, -0.05) is 41.3 Å². The van der Waals surface area contributed by atoms with E-state index in [0.717, 1.165) is 46.8 Å². The Morgan fingerprint density at radius 3 is 3.00 bits per heavy atom. The minimum atomic E-state index is -0.115. The van der Waals surface area contributed by atoms with E-state index in [9.17, 15) is 4.79 Å². The minimum Gasteiger partial charge on any atom is -0.376 e. The van der Waals surface area contributed by atoms with Crippen molar-refractivity contribution in [1.82, 2.24) is 20.0 Å². The van der Waals surface area contributed by atoms with E-state index < -0.39 is 0 Å². The smallest absolute Gasteiger partial charge is 0.235 e. The molecule has 1 aliphatic rings. The van der Waals surface area contributed by atoms with Gasteiger partial charge in [0, 0.05) is 19.2 Å². The highest BCUT2D eigenvalue weighted by Gasteiger charge is 2.16. The number of aromatic nitrogens is 4. The molecular formula is C19H22N6O2S2. The number of nitrogens with zero attached hydrogens (tertiary/aromatic N) is 4. The third kappa shape index (κ3) is 5.34. The molecule has 8 nitrogen and oxygen atoms in total. The predicted molar refractivity (Wildman–Crippen MR) is 115 cm³/mol. The van der Waals surface area contributed by atoms with E-state index in [1.807, 2.05) is 43.3 Å². The number of aryl methyl sites for hydroxylation is 1. The summed E-state index contributed by atoms with van der Waals surface area (Å²) >= 11 is 2.81. The Balaban J connectivity index is 1.30. The summed E-state index contributed by atoms with van der Waals surface area (Å²) < 4.78 is 8.07. The lowest BCUT2D eigenvalue weighted by molar-refractivity contribution is -0.113. The van der Waals surface area contributed by atoms with Gasteiger partial charge in [0.1, 0.15) is 5.82 Å². The molecule has 29 heavy (non-hydrogen) atoms. The van der Waals surface area contributed by atoms with Crippen LogP contribution < -0.4 is 10.6 Å². The fraction of sp³-hybridized carbons (Fsp3) is 0.368. The highest BCUT2D eigenvalue weighted by atomic mass is 32.2.